The van der Waals surface area contributed by atoms with Crippen LogP contribution in [0.25, 0.3) is 0 Å². The minimum atomic E-state index is -0.834. The summed E-state index contributed by atoms with van der Waals surface area (Å²) >= 11 is 5.77. The molecule has 1 aromatic rings. The second kappa shape index (κ2) is 6.51. The van der Waals surface area contributed by atoms with Gasteiger partial charge in [-0.1, -0.05) is 23.7 Å². The van der Waals surface area contributed by atoms with Crippen LogP contribution < -0.4 is 5.73 Å². The van der Waals surface area contributed by atoms with Gasteiger partial charge in [0.15, 0.2) is 0 Å². The third-order valence-corrected chi connectivity index (χ3v) is 2.64. The molecule has 0 aliphatic rings. The highest BCUT2D eigenvalue weighted by Crippen LogP contribution is 2.12. The summed E-state index contributed by atoms with van der Waals surface area (Å²) in [5.74, 6) is -0.834. The van der Waals surface area contributed by atoms with Crippen LogP contribution in [0.4, 0.5) is 0 Å². The van der Waals surface area contributed by atoms with E-state index in [4.69, 9.17) is 22.4 Å². The predicted molar refractivity (Wildman–Crippen MR) is 64.6 cm³/mol. The summed E-state index contributed by atoms with van der Waals surface area (Å²) in [6.07, 6.45) is 2.58. The number of rotatable bonds is 6. The number of halogens is 1. The van der Waals surface area contributed by atoms with E-state index in [-0.39, 0.29) is 12.5 Å². The first-order valence-electron chi connectivity index (χ1n) is 5.30. The molecule has 0 saturated carbocycles. The van der Waals surface area contributed by atoms with Crippen LogP contribution in [0.3, 0.4) is 0 Å². The Bertz CT molecular complexity index is 337. The summed E-state index contributed by atoms with van der Waals surface area (Å²) in [5.41, 5.74) is 6.86. The van der Waals surface area contributed by atoms with Crippen molar-refractivity contribution in [2.75, 3.05) is 0 Å². The van der Waals surface area contributed by atoms with E-state index < -0.39 is 5.97 Å². The maximum atomic E-state index is 10.4. The molecule has 1 unspecified atom stereocenters. The van der Waals surface area contributed by atoms with Crippen molar-refractivity contribution >= 4 is 17.6 Å². The molecule has 3 N–H and O–H groups in total. The maximum absolute atomic E-state index is 10.4. The van der Waals surface area contributed by atoms with E-state index in [1.165, 1.54) is 5.56 Å². The van der Waals surface area contributed by atoms with E-state index in [1.54, 1.807) is 0 Å². The average Bonchev–Trinajstić information content (AvgIpc) is 2.20. The molecule has 88 valence electrons. The third kappa shape index (κ3) is 5.14. The molecule has 0 bridgehead atoms. The van der Waals surface area contributed by atoms with Crippen LogP contribution >= 0.6 is 11.6 Å². The smallest absolute Gasteiger partial charge is 0.304 e. The first-order chi connectivity index (χ1) is 7.58. The number of nitrogens with two attached hydrogens (primary N) is 1. The van der Waals surface area contributed by atoms with E-state index in [1.807, 2.05) is 24.3 Å². The molecule has 0 radical (unpaired) electrons. The van der Waals surface area contributed by atoms with Crippen LogP contribution in [0.15, 0.2) is 24.3 Å². The molecular weight excluding hydrogens is 226 g/mol. The van der Waals surface area contributed by atoms with Crippen LogP contribution in [0.1, 0.15) is 24.8 Å². The lowest BCUT2D eigenvalue weighted by molar-refractivity contribution is -0.137. The molecule has 3 nitrogen and oxygen atoms in total. The van der Waals surface area contributed by atoms with Gasteiger partial charge in [0.05, 0.1) is 6.42 Å². The minimum absolute atomic E-state index is 0.0423. The predicted octanol–water partition coefficient (Wildman–Crippen LogP) is 2.46. The number of hydrogen-bond donors (Lipinski definition) is 2. The maximum Gasteiger partial charge on any atom is 0.304 e. The van der Waals surface area contributed by atoms with Gasteiger partial charge in [-0.2, -0.15) is 0 Å². The normalized spacial score (nSPS) is 12.4. The van der Waals surface area contributed by atoms with Crippen molar-refractivity contribution in [1.82, 2.24) is 0 Å². The quantitative estimate of drug-likeness (QED) is 0.804. The van der Waals surface area contributed by atoms with E-state index >= 15 is 0 Å². The van der Waals surface area contributed by atoms with Crippen LogP contribution in [0.5, 0.6) is 0 Å². The number of hydrogen-bond acceptors (Lipinski definition) is 2. The monoisotopic (exact) mass is 241 g/mol. The molecular formula is C12H16ClNO2. The molecule has 16 heavy (non-hydrogen) atoms. The lowest BCUT2D eigenvalue weighted by Gasteiger charge is -2.08. The molecule has 0 heterocycles. The summed E-state index contributed by atoms with van der Waals surface area (Å²) in [7, 11) is 0. The first-order valence-corrected chi connectivity index (χ1v) is 5.67. The van der Waals surface area contributed by atoms with Crippen LogP contribution in [-0.2, 0) is 11.2 Å². The fourth-order valence-corrected chi connectivity index (χ4v) is 1.67. The van der Waals surface area contributed by atoms with Gasteiger partial charge in [0.1, 0.15) is 0 Å². The molecule has 0 saturated heterocycles. The summed E-state index contributed by atoms with van der Waals surface area (Å²) in [5, 5.41) is 9.26. The zero-order valence-corrected chi connectivity index (χ0v) is 9.78. The number of carboxylic acid groups (broad SMARTS) is 1. The van der Waals surface area contributed by atoms with E-state index in [9.17, 15) is 4.79 Å². The molecule has 0 aromatic heterocycles. The SMILES string of the molecule is NC(CCCc1ccc(Cl)cc1)CC(=O)O. The Morgan fingerprint density at radius 3 is 2.56 bits per heavy atom. The van der Waals surface area contributed by atoms with Crippen molar-refractivity contribution in [1.29, 1.82) is 0 Å². The van der Waals surface area contributed by atoms with Gasteiger partial charge in [-0.15, -0.1) is 0 Å². The Hall–Kier alpha value is -1.06. The summed E-state index contributed by atoms with van der Waals surface area (Å²) < 4.78 is 0. The van der Waals surface area contributed by atoms with Crippen molar-refractivity contribution in [2.45, 2.75) is 31.7 Å². The zero-order valence-electron chi connectivity index (χ0n) is 9.03. The molecule has 0 amide bonds. The van der Waals surface area contributed by atoms with E-state index in [0.29, 0.717) is 0 Å². The largest absolute Gasteiger partial charge is 0.481 e. The van der Waals surface area contributed by atoms with Gasteiger partial charge in [-0.25, -0.2) is 0 Å². The fourth-order valence-electron chi connectivity index (χ4n) is 1.55. The van der Waals surface area contributed by atoms with Crippen molar-refractivity contribution in [3.8, 4) is 0 Å². The highest BCUT2D eigenvalue weighted by Gasteiger charge is 2.07. The average molecular weight is 242 g/mol. The fraction of sp³-hybridized carbons (Fsp3) is 0.417. The number of aryl methyl sites for hydroxylation is 1. The standard InChI is InChI=1S/C12H16ClNO2/c13-10-6-4-9(5-7-10)2-1-3-11(14)8-12(15)16/h4-7,11H,1-3,8,14H2,(H,15,16). The van der Waals surface area contributed by atoms with Crippen molar-refractivity contribution < 1.29 is 9.90 Å². The van der Waals surface area contributed by atoms with Gasteiger partial charge in [0, 0.05) is 11.1 Å². The van der Waals surface area contributed by atoms with Crippen LogP contribution in [0, 0.1) is 0 Å². The number of aliphatic carboxylic acids is 1. The molecule has 4 heteroatoms. The second-order valence-corrected chi connectivity index (χ2v) is 4.31. The summed E-state index contributed by atoms with van der Waals surface area (Å²) in [4.78, 5) is 10.4. The Morgan fingerprint density at radius 1 is 1.38 bits per heavy atom. The number of carbonyl (C=O) groups is 1. The van der Waals surface area contributed by atoms with Gasteiger partial charge >= 0.3 is 5.97 Å². The Morgan fingerprint density at radius 2 is 2.00 bits per heavy atom. The highest BCUT2D eigenvalue weighted by molar-refractivity contribution is 6.30. The molecule has 1 atom stereocenters. The first kappa shape index (κ1) is 13.0. The summed E-state index contributed by atoms with van der Waals surface area (Å²) in [6, 6.07) is 7.42. The topological polar surface area (TPSA) is 63.3 Å². The van der Waals surface area contributed by atoms with E-state index in [2.05, 4.69) is 0 Å². The van der Waals surface area contributed by atoms with Gasteiger partial charge in [0.2, 0.25) is 0 Å². The molecule has 1 rings (SSSR count). The molecule has 0 aliphatic carbocycles. The van der Waals surface area contributed by atoms with E-state index in [0.717, 1.165) is 24.3 Å². The van der Waals surface area contributed by atoms with Gasteiger partial charge in [0.25, 0.3) is 0 Å². The van der Waals surface area contributed by atoms with Crippen molar-refractivity contribution in [3.63, 3.8) is 0 Å². The molecule has 0 aliphatic heterocycles. The van der Waals surface area contributed by atoms with Gasteiger partial charge in [-0.05, 0) is 37.0 Å². The number of benzene rings is 1. The lowest BCUT2D eigenvalue weighted by atomic mass is 10.0. The molecule has 0 fully saturated rings. The molecule has 0 spiro atoms. The second-order valence-electron chi connectivity index (χ2n) is 3.88. The van der Waals surface area contributed by atoms with Gasteiger partial charge in [-0.3, -0.25) is 4.79 Å². The summed E-state index contributed by atoms with van der Waals surface area (Å²) in [6.45, 7) is 0. The minimum Gasteiger partial charge on any atom is -0.481 e. The lowest BCUT2D eigenvalue weighted by Crippen LogP contribution is -2.23. The Labute approximate surface area is 100 Å². The highest BCUT2D eigenvalue weighted by atomic mass is 35.5. The Kier molecular flexibility index (Phi) is 5.29. The van der Waals surface area contributed by atoms with Crippen molar-refractivity contribution in [2.24, 2.45) is 5.73 Å². The number of carboxylic acids is 1. The molecule has 1 aromatic carbocycles. The third-order valence-electron chi connectivity index (χ3n) is 2.39. The van der Waals surface area contributed by atoms with Crippen LogP contribution in [0.2, 0.25) is 5.02 Å². The zero-order chi connectivity index (χ0) is 12.0. The van der Waals surface area contributed by atoms with Crippen molar-refractivity contribution in [3.05, 3.63) is 34.9 Å². The van der Waals surface area contributed by atoms with Crippen LogP contribution in [-0.4, -0.2) is 17.1 Å². The van der Waals surface area contributed by atoms with Gasteiger partial charge < -0.3 is 10.8 Å². The Balaban J connectivity index is 2.25.